The highest BCUT2D eigenvalue weighted by Gasteiger charge is 2.47. The predicted octanol–water partition coefficient (Wildman–Crippen LogP) is 11.6. The van der Waals surface area contributed by atoms with E-state index in [0.717, 1.165) is 16.8 Å². The minimum Gasteiger partial charge on any atom is -0.496 e. The molecule has 238 valence electrons. The molecule has 4 heterocycles. The second-order valence-electron chi connectivity index (χ2n) is 14.0. The Labute approximate surface area is 290 Å². The summed E-state index contributed by atoms with van der Waals surface area (Å²) in [5.41, 5.74) is 7.51. The first-order valence-electron chi connectivity index (χ1n) is 15.8. The largest absolute Gasteiger partial charge is 0.496 e. The van der Waals surface area contributed by atoms with Gasteiger partial charge >= 0.3 is 0 Å². The van der Waals surface area contributed by atoms with E-state index in [9.17, 15) is 0 Å². The molecule has 4 rings (SSSR count). The van der Waals surface area contributed by atoms with Gasteiger partial charge in [-0.15, -0.1) is 0 Å². The second-order valence-corrected chi connectivity index (χ2v) is 27.8. The number of aromatic nitrogens is 4. The summed E-state index contributed by atoms with van der Waals surface area (Å²) in [5.74, 6) is 0.923. The first-order chi connectivity index (χ1) is 20.0. The average Bonchev–Trinajstić information content (AvgIpc) is 3.40. The number of ether oxygens (including phenoxy) is 1. The molecule has 0 spiro atoms. The fraction of sp³-hybridized carbons (Fsp3) is 0.588. The van der Waals surface area contributed by atoms with E-state index in [-0.39, 0.29) is 0 Å². The Morgan fingerprint density at radius 2 is 1.12 bits per heavy atom. The quantitative estimate of drug-likeness (QED) is 0.125. The Bertz CT molecular complexity index is 1490. The first kappa shape index (κ1) is 36.5. The maximum atomic E-state index is 5.57. The molecule has 0 aliphatic carbocycles. The van der Waals surface area contributed by atoms with Gasteiger partial charge in [0, 0.05) is 37.3 Å². The Morgan fingerprint density at radius 3 is 1.56 bits per heavy atom. The van der Waals surface area contributed by atoms with Crippen molar-refractivity contribution < 1.29 is 4.74 Å². The van der Waals surface area contributed by atoms with Crippen LogP contribution in [0.2, 0.25) is 33.2 Å². The van der Waals surface area contributed by atoms with Crippen molar-refractivity contribution in [1.82, 2.24) is 18.4 Å². The molecule has 0 aliphatic heterocycles. The van der Waals surface area contributed by atoms with Gasteiger partial charge in [0.1, 0.15) is 17.0 Å². The minimum absolute atomic E-state index is 0.645. The molecule has 0 saturated carbocycles. The third-order valence-corrected chi connectivity index (χ3v) is 25.1. The smallest absolute Gasteiger partial charge is 0.171 e. The first-order valence-corrected chi connectivity index (χ1v) is 22.4. The fourth-order valence-electron chi connectivity index (χ4n) is 8.68. The van der Waals surface area contributed by atoms with Gasteiger partial charge in [-0.25, -0.2) is 9.97 Å². The van der Waals surface area contributed by atoms with Crippen LogP contribution in [0.4, 0.5) is 0 Å². The molecular formula is C34H54I2N4OSi2. The summed E-state index contributed by atoms with van der Waals surface area (Å²) in [4.78, 5) is 9.54. The number of nitrogens with zero attached hydrogens (tertiary/aromatic N) is 4. The van der Waals surface area contributed by atoms with Crippen LogP contribution in [0.1, 0.15) is 88.6 Å². The summed E-state index contributed by atoms with van der Waals surface area (Å²) in [6, 6.07) is 4.24. The molecule has 0 aliphatic rings. The van der Waals surface area contributed by atoms with Crippen molar-refractivity contribution in [2.45, 2.75) is 123 Å². The highest BCUT2D eigenvalue weighted by atomic mass is 127. The molecule has 9 heteroatoms. The molecule has 0 aromatic carbocycles. The van der Waals surface area contributed by atoms with Crippen LogP contribution in [0, 0.1) is 14.1 Å². The molecule has 0 bridgehead atoms. The van der Waals surface area contributed by atoms with Gasteiger partial charge in [-0.2, -0.15) is 0 Å². The van der Waals surface area contributed by atoms with Crippen molar-refractivity contribution >= 4 is 83.7 Å². The van der Waals surface area contributed by atoms with Crippen LogP contribution in [0.3, 0.4) is 0 Å². The van der Waals surface area contributed by atoms with Gasteiger partial charge in [-0.05, 0) is 103 Å². The number of halogens is 2. The van der Waals surface area contributed by atoms with Crippen LogP contribution in [0.15, 0.2) is 36.9 Å². The summed E-state index contributed by atoms with van der Waals surface area (Å²) in [7, 11) is -1.77. The Hall–Kier alpha value is -0.926. The molecule has 0 N–H and O–H groups in total. The van der Waals surface area contributed by atoms with Crippen molar-refractivity contribution in [3.8, 4) is 5.75 Å². The lowest BCUT2D eigenvalue weighted by atomic mass is 10.2. The van der Waals surface area contributed by atoms with Crippen LogP contribution < -0.4 is 4.74 Å². The summed E-state index contributed by atoms with van der Waals surface area (Å²) in [5, 5.41) is 2.47. The monoisotopic (exact) mass is 844 g/mol. The van der Waals surface area contributed by atoms with Crippen LogP contribution in [-0.4, -0.2) is 42.0 Å². The number of aryl methyl sites for hydroxylation is 1. The zero-order valence-corrected chi connectivity index (χ0v) is 35.2. The van der Waals surface area contributed by atoms with Gasteiger partial charge in [0.2, 0.25) is 0 Å². The number of hydrogen-bond acceptors (Lipinski definition) is 3. The van der Waals surface area contributed by atoms with E-state index in [0.29, 0.717) is 33.2 Å². The van der Waals surface area contributed by atoms with Gasteiger partial charge < -0.3 is 13.2 Å². The molecule has 0 unspecified atom stereocenters. The van der Waals surface area contributed by atoms with Crippen LogP contribution >= 0.6 is 45.2 Å². The topological polar surface area (TPSA) is 44.9 Å². The lowest BCUT2D eigenvalue weighted by Crippen LogP contribution is -2.51. The standard InChI is InChI=1S/C17H27IN2OSi.C17H27IN2Si/c1-11(2)22(12(3)4,13(5)6)20-10-14(18)16-15(21-7)8-9-19-17(16)20;1-11(2)21(12(3)4,13(5)6)20-10-16(18)15-8-14(7)9-19-17(15)20/h8-13H,1-7H3;8-13H,1-7H3. The van der Waals surface area contributed by atoms with E-state index in [4.69, 9.17) is 14.7 Å². The maximum absolute atomic E-state index is 5.57. The van der Waals surface area contributed by atoms with Crippen LogP contribution in [0.5, 0.6) is 5.75 Å². The van der Waals surface area contributed by atoms with Crippen LogP contribution in [-0.2, 0) is 0 Å². The van der Waals surface area contributed by atoms with Gasteiger partial charge in [0.05, 0.1) is 12.5 Å². The molecule has 4 aromatic rings. The van der Waals surface area contributed by atoms with E-state index < -0.39 is 16.5 Å². The van der Waals surface area contributed by atoms with E-state index >= 15 is 0 Å². The normalized spacial score (nSPS) is 13.0. The fourth-order valence-corrected chi connectivity index (χ4v) is 23.8. The molecule has 0 amide bonds. The van der Waals surface area contributed by atoms with Crippen molar-refractivity contribution in [2.24, 2.45) is 0 Å². The highest BCUT2D eigenvalue weighted by Crippen LogP contribution is 2.46. The molecular weight excluding hydrogens is 790 g/mol. The molecule has 43 heavy (non-hydrogen) atoms. The minimum atomic E-state index is -1.79. The number of methoxy groups -OCH3 is 1. The molecule has 0 saturated heterocycles. The molecule has 5 nitrogen and oxygen atoms in total. The molecule has 0 atom stereocenters. The summed E-state index contributed by atoms with van der Waals surface area (Å²) < 4.78 is 13.3. The van der Waals surface area contributed by atoms with Gasteiger partial charge in [0.25, 0.3) is 0 Å². The van der Waals surface area contributed by atoms with Crippen molar-refractivity contribution in [3.63, 3.8) is 0 Å². The van der Waals surface area contributed by atoms with Crippen molar-refractivity contribution in [3.05, 3.63) is 49.6 Å². The third-order valence-electron chi connectivity index (χ3n) is 9.94. The summed E-state index contributed by atoms with van der Waals surface area (Å²) >= 11 is 4.89. The zero-order chi connectivity index (χ0) is 32.6. The van der Waals surface area contributed by atoms with Gasteiger partial charge in [-0.1, -0.05) is 83.1 Å². The molecule has 0 fully saturated rings. The lowest BCUT2D eigenvalue weighted by Gasteiger charge is -2.44. The average molecular weight is 845 g/mol. The summed E-state index contributed by atoms with van der Waals surface area (Å²) in [6.07, 6.45) is 8.56. The number of hydrogen-bond donors (Lipinski definition) is 0. The Balaban J connectivity index is 0.000000236. The molecule has 0 radical (unpaired) electrons. The number of rotatable bonds is 9. The number of pyridine rings is 2. The number of fused-ring (bicyclic) bond motifs is 2. The van der Waals surface area contributed by atoms with Crippen LogP contribution in [0.25, 0.3) is 22.1 Å². The SMILES string of the molecule is COc1ccnc2c1c(I)cn2[Si](C(C)C)(C(C)C)C(C)C.Cc1cnc2c(c1)c(I)cn2[Si](C(C)C)(C(C)C)C(C)C. The second kappa shape index (κ2) is 14.2. The van der Waals surface area contributed by atoms with E-state index in [1.807, 2.05) is 18.5 Å². The van der Waals surface area contributed by atoms with E-state index in [1.54, 1.807) is 7.11 Å². The third kappa shape index (κ3) is 6.26. The van der Waals surface area contributed by atoms with E-state index in [1.165, 1.54) is 23.7 Å². The predicted molar refractivity (Wildman–Crippen MR) is 209 cm³/mol. The molecule has 4 aromatic heterocycles. The van der Waals surface area contributed by atoms with Crippen molar-refractivity contribution in [1.29, 1.82) is 0 Å². The van der Waals surface area contributed by atoms with E-state index in [2.05, 4.69) is 162 Å². The lowest BCUT2D eigenvalue weighted by molar-refractivity contribution is 0.419. The Morgan fingerprint density at radius 1 is 0.674 bits per heavy atom. The maximum Gasteiger partial charge on any atom is 0.171 e. The zero-order valence-electron chi connectivity index (χ0n) is 28.9. The van der Waals surface area contributed by atoms with Gasteiger partial charge in [0.15, 0.2) is 16.5 Å². The highest BCUT2D eigenvalue weighted by molar-refractivity contribution is 14.1. The summed E-state index contributed by atoms with van der Waals surface area (Å²) in [6.45, 7) is 30.8. The Kier molecular flexibility index (Phi) is 12.1. The van der Waals surface area contributed by atoms with Crippen molar-refractivity contribution in [2.75, 3.05) is 7.11 Å². The van der Waals surface area contributed by atoms with Gasteiger partial charge in [-0.3, -0.25) is 0 Å².